The minimum atomic E-state index is -6.57. The predicted octanol–water partition coefficient (Wildman–Crippen LogP) is 3.37. The van der Waals surface area contributed by atoms with Crippen LogP contribution in [0.2, 0.25) is 0 Å². The van der Waals surface area contributed by atoms with Gasteiger partial charge in [-0.3, -0.25) is 0 Å². The molecule has 17 heavy (non-hydrogen) atoms. The van der Waals surface area contributed by atoms with E-state index >= 15 is 0 Å². The second kappa shape index (κ2) is 3.22. The molecular formula is C7H3F9O. The normalized spacial score (nSPS) is 29.1. The molecule has 1 nitrogen and oxygen atoms in total. The summed E-state index contributed by atoms with van der Waals surface area (Å²) < 4.78 is 117. The van der Waals surface area contributed by atoms with E-state index in [4.69, 9.17) is 0 Å². The van der Waals surface area contributed by atoms with Gasteiger partial charge in [0.25, 0.3) is 0 Å². The molecule has 0 unspecified atom stereocenters. The molecule has 1 aliphatic carbocycles. The molecule has 100 valence electrons. The molecule has 1 rings (SSSR count). The van der Waals surface area contributed by atoms with E-state index in [2.05, 4.69) is 4.74 Å². The SMILES string of the molecule is COC1=C(F)C(F)(F)C(F)(F)C(F)(F)C1(F)F. The van der Waals surface area contributed by atoms with Crippen LogP contribution in [0.25, 0.3) is 0 Å². The van der Waals surface area contributed by atoms with Crippen molar-refractivity contribution in [3.05, 3.63) is 11.6 Å². The molecule has 1 aliphatic rings. The predicted molar refractivity (Wildman–Crippen MR) is 34.9 cm³/mol. The van der Waals surface area contributed by atoms with Crippen LogP contribution in [-0.2, 0) is 4.74 Å². The fourth-order valence-electron chi connectivity index (χ4n) is 1.17. The highest BCUT2D eigenvalue weighted by Gasteiger charge is 2.87. The number of hydrogen-bond donors (Lipinski definition) is 0. The van der Waals surface area contributed by atoms with E-state index in [1.54, 1.807) is 0 Å². The molecule has 0 saturated carbocycles. The average molecular weight is 274 g/mol. The largest absolute Gasteiger partial charge is 0.492 e. The minimum Gasteiger partial charge on any atom is -0.492 e. The third-order valence-electron chi connectivity index (χ3n) is 2.15. The fraction of sp³-hybridized carbons (Fsp3) is 0.714. The Bertz CT molecular complexity index is 370. The highest BCUT2D eigenvalue weighted by Crippen LogP contribution is 2.61. The summed E-state index contributed by atoms with van der Waals surface area (Å²) in [4.78, 5) is 0. The molecule has 0 saturated heterocycles. The summed E-state index contributed by atoms with van der Waals surface area (Å²) in [5, 5.41) is 0. The van der Waals surface area contributed by atoms with Crippen LogP contribution in [0.1, 0.15) is 0 Å². The highest BCUT2D eigenvalue weighted by molar-refractivity contribution is 5.32. The van der Waals surface area contributed by atoms with E-state index in [0.717, 1.165) is 0 Å². The van der Waals surface area contributed by atoms with Gasteiger partial charge in [0, 0.05) is 0 Å². The van der Waals surface area contributed by atoms with E-state index in [1.165, 1.54) is 0 Å². The van der Waals surface area contributed by atoms with Crippen LogP contribution in [0.3, 0.4) is 0 Å². The maximum atomic E-state index is 12.8. The number of hydrogen-bond acceptors (Lipinski definition) is 1. The van der Waals surface area contributed by atoms with Crippen LogP contribution in [-0.4, -0.2) is 30.8 Å². The monoisotopic (exact) mass is 274 g/mol. The first-order valence-electron chi connectivity index (χ1n) is 3.81. The van der Waals surface area contributed by atoms with Gasteiger partial charge >= 0.3 is 23.7 Å². The van der Waals surface area contributed by atoms with Crippen molar-refractivity contribution in [2.24, 2.45) is 0 Å². The van der Waals surface area contributed by atoms with Gasteiger partial charge < -0.3 is 4.74 Å². The van der Waals surface area contributed by atoms with Gasteiger partial charge in [-0.2, -0.15) is 35.1 Å². The second-order valence-corrected chi connectivity index (χ2v) is 3.14. The molecule has 10 heteroatoms. The van der Waals surface area contributed by atoms with Gasteiger partial charge in [-0.05, 0) is 0 Å². The van der Waals surface area contributed by atoms with Crippen LogP contribution in [0, 0.1) is 0 Å². The number of methoxy groups -OCH3 is 1. The third kappa shape index (κ3) is 1.29. The third-order valence-corrected chi connectivity index (χ3v) is 2.15. The molecule has 0 aliphatic heterocycles. The molecule has 0 amide bonds. The Labute approximate surface area is 87.8 Å². The van der Waals surface area contributed by atoms with Crippen molar-refractivity contribution in [2.75, 3.05) is 7.11 Å². The first-order chi connectivity index (χ1) is 7.35. The smallest absolute Gasteiger partial charge is 0.386 e. The molecule has 0 radical (unpaired) electrons. The van der Waals surface area contributed by atoms with E-state index in [9.17, 15) is 39.5 Å². The van der Waals surface area contributed by atoms with Crippen LogP contribution in [0.15, 0.2) is 11.6 Å². The maximum Gasteiger partial charge on any atom is 0.386 e. The van der Waals surface area contributed by atoms with Crippen molar-refractivity contribution in [1.82, 2.24) is 0 Å². The summed E-state index contributed by atoms with van der Waals surface area (Å²) >= 11 is 0. The minimum absolute atomic E-state index is 0.179. The van der Waals surface area contributed by atoms with Crippen molar-refractivity contribution >= 4 is 0 Å². The van der Waals surface area contributed by atoms with E-state index in [1.807, 2.05) is 0 Å². The molecule has 0 aromatic rings. The van der Waals surface area contributed by atoms with Crippen LogP contribution < -0.4 is 0 Å². The Kier molecular flexibility index (Phi) is 2.65. The summed E-state index contributed by atoms with van der Waals surface area (Å²) in [5.74, 6) is -31.2. The zero-order chi connectivity index (χ0) is 13.9. The number of rotatable bonds is 1. The van der Waals surface area contributed by atoms with Crippen LogP contribution in [0.4, 0.5) is 39.5 Å². The van der Waals surface area contributed by atoms with Crippen LogP contribution >= 0.6 is 0 Å². The Morgan fingerprint density at radius 1 is 0.765 bits per heavy atom. The maximum absolute atomic E-state index is 12.8. The quantitative estimate of drug-likeness (QED) is 0.666. The first-order valence-corrected chi connectivity index (χ1v) is 3.81. The topological polar surface area (TPSA) is 9.23 Å². The van der Waals surface area contributed by atoms with Gasteiger partial charge in [0.1, 0.15) is 0 Å². The van der Waals surface area contributed by atoms with Crippen molar-refractivity contribution in [3.8, 4) is 0 Å². The molecule has 0 aromatic carbocycles. The molecule has 0 fully saturated rings. The van der Waals surface area contributed by atoms with Crippen molar-refractivity contribution in [2.45, 2.75) is 23.7 Å². The van der Waals surface area contributed by atoms with E-state index in [0.29, 0.717) is 0 Å². The zero-order valence-corrected chi connectivity index (χ0v) is 7.81. The molecule has 0 N–H and O–H groups in total. The van der Waals surface area contributed by atoms with Gasteiger partial charge in [0.2, 0.25) is 11.6 Å². The van der Waals surface area contributed by atoms with Gasteiger partial charge in [-0.1, -0.05) is 0 Å². The Hall–Kier alpha value is -1.09. The lowest BCUT2D eigenvalue weighted by Crippen LogP contribution is -2.66. The summed E-state index contributed by atoms with van der Waals surface area (Å²) in [5.41, 5.74) is 0. The zero-order valence-electron chi connectivity index (χ0n) is 7.81. The van der Waals surface area contributed by atoms with Gasteiger partial charge in [0.05, 0.1) is 7.11 Å². The van der Waals surface area contributed by atoms with Gasteiger partial charge in [-0.25, -0.2) is 4.39 Å². The summed E-state index contributed by atoms with van der Waals surface area (Å²) in [6.45, 7) is 0. The van der Waals surface area contributed by atoms with Crippen molar-refractivity contribution in [1.29, 1.82) is 0 Å². The fourth-order valence-corrected chi connectivity index (χ4v) is 1.17. The van der Waals surface area contributed by atoms with E-state index in [-0.39, 0.29) is 7.11 Å². The number of alkyl halides is 8. The lowest BCUT2D eigenvalue weighted by molar-refractivity contribution is -0.370. The lowest BCUT2D eigenvalue weighted by Gasteiger charge is -2.40. The first kappa shape index (κ1) is 14.0. The summed E-state index contributed by atoms with van der Waals surface area (Å²) in [7, 11) is 0.179. The van der Waals surface area contributed by atoms with Crippen molar-refractivity contribution < 1.29 is 44.3 Å². The lowest BCUT2D eigenvalue weighted by atomic mass is 9.89. The molecular weight excluding hydrogens is 271 g/mol. The second-order valence-electron chi connectivity index (χ2n) is 3.14. The average Bonchev–Trinajstić information content (AvgIpc) is 2.15. The standard InChI is InChI=1S/C7H3F9O/c1-17-3-2(8)4(9,10)6(13,14)7(15,16)5(3,11)12/h1H3. The highest BCUT2D eigenvalue weighted by atomic mass is 19.4. The molecule has 0 atom stereocenters. The molecule has 0 heterocycles. The Balaban J connectivity index is 3.67. The number of allylic oxidation sites excluding steroid dienone is 2. The Morgan fingerprint density at radius 3 is 1.47 bits per heavy atom. The van der Waals surface area contributed by atoms with Crippen LogP contribution in [0.5, 0.6) is 0 Å². The van der Waals surface area contributed by atoms with Gasteiger partial charge in [-0.15, -0.1) is 0 Å². The van der Waals surface area contributed by atoms with Gasteiger partial charge in [0.15, 0.2) is 0 Å². The Morgan fingerprint density at radius 2 is 1.12 bits per heavy atom. The molecule has 0 bridgehead atoms. The van der Waals surface area contributed by atoms with E-state index < -0.39 is 35.3 Å². The number of halogens is 9. The number of ether oxygens (including phenoxy) is 1. The van der Waals surface area contributed by atoms with Crippen molar-refractivity contribution in [3.63, 3.8) is 0 Å². The molecule has 0 spiro atoms. The molecule has 0 aromatic heterocycles. The summed E-state index contributed by atoms with van der Waals surface area (Å²) in [6, 6.07) is 0. The summed E-state index contributed by atoms with van der Waals surface area (Å²) in [6.07, 6.45) is 0.